The van der Waals surface area contributed by atoms with Gasteiger partial charge in [-0.05, 0) is 138 Å². The van der Waals surface area contributed by atoms with Gasteiger partial charge in [-0.3, -0.25) is 23.6 Å². The molecule has 10 heteroatoms. The fraction of sp³-hybridized carbons (Fsp3) is 0.907. The first-order chi connectivity index (χ1) is 24.4. The number of hydrogen-bond acceptors (Lipinski definition) is 8. The zero-order valence-electron chi connectivity index (χ0n) is 34.5. The largest absolute Gasteiger partial charge is 0.481 e. The quantitative estimate of drug-likeness (QED) is 0.110. The minimum atomic E-state index is -2.50. The number of carboxylic acid groups (broad SMARTS) is 1. The lowest BCUT2D eigenvalue weighted by Gasteiger charge is -2.73. The van der Waals surface area contributed by atoms with Crippen molar-refractivity contribution in [1.82, 2.24) is 10.2 Å². The molecule has 1 saturated heterocycles. The smallest absolute Gasteiger partial charge is 0.309 e. The van der Waals surface area contributed by atoms with Gasteiger partial charge in [0.2, 0.25) is 0 Å². The Morgan fingerprint density at radius 2 is 1.58 bits per heavy atom. The predicted molar refractivity (Wildman–Crippen MR) is 213 cm³/mol. The van der Waals surface area contributed by atoms with E-state index in [2.05, 4.69) is 58.3 Å². The molecule has 9 nitrogen and oxygen atoms in total. The molecule has 0 aromatic rings. The molecule has 6 aliphatic rings. The molecule has 0 bridgehead atoms. The highest BCUT2D eigenvalue weighted by molar-refractivity contribution is 8.24. The van der Waals surface area contributed by atoms with Gasteiger partial charge in [0, 0.05) is 36.6 Å². The molecule has 12 atom stereocenters. The zero-order valence-corrected chi connectivity index (χ0v) is 35.3. The van der Waals surface area contributed by atoms with Crippen molar-refractivity contribution in [1.29, 1.82) is 0 Å². The molecule has 0 aromatic heterocycles. The fourth-order valence-electron chi connectivity index (χ4n) is 14.3. The highest BCUT2D eigenvalue weighted by Gasteiger charge is 2.71. The van der Waals surface area contributed by atoms with Gasteiger partial charge in [-0.25, -0.2) is 0 Å². The molecule has 304 valence electrons. The second kappa shape index (κ2) is 14.0. The number of carbonyl (C=O) groups is 2. The molecule has 5 N–H and O–H groups in total. The van der Waals surface area contributed by atoms with Gasteiger partial charge in [0.1, 0.15) is 6.10 Å². The number of rotatable bonds is 10. The first-order valence-electron chi connectivity index (χ1n) is 20.9. The van der Waals surface area contributed by atoms with Crippen molar-refractivity contribution in [3.05, 3.63) is 12.2 Å². The Morgan fingerprint density at radius 3 is 2.19 bits per heavy atom. The summed E-state index contributed by atoms with van der Waals surface area (Å²) in [4.78, 5) is 27.1. The Kier molecular flexibility index (Phi) is 11.0. The molecule has 0 unspecified atom stereocenters. The number of fused-ring (bicyclic) bond motifs is 7. The number of hydrogen-bond donors (Lipinski definition) is 5. The number of aliphatic hydroxyl groups is 1. The topological polar surface area (TPSA) is 140 Å². The molecule has 6 fully saturated rings. The number of nitrogens with one attached hydrogen (secondary N) is 1. The van der Waals surface area contributed by atoms with Crippen LogP contribution in [0.5, 0.6) is 0 Å². The monoisotopic (exact) mass is 763 g/mol. The van der Waals surface area contributed by atoms with Crippen molar-refractivity contribution in [2.75, 3.05) is 31.1 Å². The van der Waals surface area contributed by atoms with Gasteiger partial charge in [0.15, 0.2) is 0 Å². The highest BCUT2D eigenvalue weighted by Crippen LogP contribution is 2.76. The Bertz CT molecular complexity index is 1420. The highest BCUT2D eigenvalue weighted by atomic mass is 32.3. The Morgan fingerprint density at radius 1 is 0.925 bits per heavy atom. The van der Waals surface area contributed by atoms with Crippen LogP contribution in [0.25, 0.3) is 0 Å². The second-order valence-corrected chi connectivity index (χ2v) is 23.4. The van der Waals surface area contributed by atoms with E-state index in [9.17, 15) is 28.9 Å². The first kappa shape index (κ1) is 41.5. The van der Waals surface area contributed by atoms with Crippen LogP contribution in [0.3, 0.4) is 0 Å². The third-order valence-electron chi connectivity index (χ3n) is 17.5. The van der Waals surface area contributed by atoms with Crippen LogP contribution in [0.1, 0.15) is 133 Å². The van der Waals surface area contributed by atoms with Gasteiger partial charge >= 0.3 is 11.9 Å². The van der Waals surface area contributed by atoms with E-state index in [0.29, 0.717) is 60.7 Å². The van der Waals surface area contributed by atoms with E-state index in [1.165, 1.54) is 31.3 Å². The maximum Gasteiger partial charge on any atom is 0.309 e. The maximum absolute atomic E-state index is 13.1. The number of esters is 1. The van der Waals surface area contributed by atoms with Gasteiger partial charge in [-0.15, -0.1) is 0 Å². The molecule has 0 radical (unpaired) electrons. The molecule has 53 heavy (non-hydrogen) atoms. The number of ether oxygens (including phenoxy) is 1. The first-order valence-corrected chi connectivity index (χ1v) is 22.8. The van der Waals surface area contributed by atoms with E-state index in [1.54, 1.807) is 13.8 Å². The molecule has 0 aromatic carbocycles. The van der Waals surface area contributed by atoms with Crippen LogP contribution in [-0.4, -0.2) is 91.1 Å². The summed E-state index contributed by atoms with van der Waals surface area (Å²) in [5.74, 6) is 1.93. The number of carboxylic acids is 1. The van der Waals surface area contributed by atoms with Crippen LogP contribution in [0.4, 0.5) is 0 Å². The lowest BCUT2D eigenvalue weighted by molar-refractivity contribution is -0.246. The Labute approximate surface area is 322 Å². The minimum absolute atomic E-state index is 0.00309. The van der Waals surface area contributed by atoms with Crippen molar-refractivity contribution < 1.29 is 33.6 Å². The summed E-state index contributed by atoms with van der Waals surface area (Å²) in [6.45, 7) is 26.3. The van der Waals surface area contributed by atoms with E-state index in [4.69, 9.17) is 4.74 Å². The minimum Gasteiger partial charge on any atom is -0.481 e. The van der Waals surface area contributed by atoms with Crippen molar-refractivity contribution in [2.45, 2.75) is 157 Å². The predicted octanol–water partition coefficient (Wildman–Crippen LogP) is 8.21. The maximum atomic E-state index is 13.1. The van der Waals surface area contributed by atoms with Crippen LogP contribution in [-0.2, 0) is 14.3 Å². The molecule has 1 aliphatic heterocycles. The van der Waals surface area contributed by atoms with E-state index >= 15 is 0 Å². The number of aliphatic carboxylic acids is 1. The van der Waals surface area contributed by atoms with Crippen molar-refractivity contribution in [3.63, 3.8) is 0 Å². The van der Waals surface area contributed by atoms with E-state index < -0.39 is 34.0 Å². The van der Waals surface area contributed by atoms with E-state index in [0.717, 1.165) is 38.5 Å². The molecule has 0 amide bonds. The number of carbonyl (C=O) groups excluding carboxylic acids is 1. The third-order valence-corrected chi connectivity index (χ3v) is 19.2. The molecule has 5 aliphatic carbocycles. The van der Waals surface area contributed by atoms with Crippen molar-refractivity contribution >= 4 is 22.5 Å². The summed E-state index contributed by atoms with van der Waals surface area (Å²) in [6.07, 6.45) is 10.3. The van der Waals surface area contributed by atoms with Crippen molar-refractivity contribution in [2.24, 2.45) is 56.7 Å². The summed E-state index contributed by atoms with van der Waals surface area (Å²) >= 11 is 0. The number of aliphatic hydroxyl groups excluding tert-OH is 1. The molecular formula is C43H74N2O7S. The summed E-state index contributed by atoms with van der Waals surface area (Å²) in [5, 5.41) is 24.8. The van der Waals surface area contributed by atoms with Crippen molar-refractivity contribution in [3.8, 4) is 0 Å². The van der Waals surface area contributed by atoms with Crippen LogP contribution in [0, 0.1) is 56.7 Å². The summed E-state index contributed by atoms with van der Waals surface area (Å²) < 4.78 is 26.7. The van der Waals surface area contributed by atoms with Crippen LogP contribution < -0.4 is 5.32 Å². The number of allylic oxidation sites excluding steroid dienone is 1. The average molecular weight is 763 g/mol. The zero-order chi connectivity index (χ0) is 39.2. The SMILES string of the molecule is C=C(C)[C@@H]1CC[C@]2(NC[C@H]([C@@H](C)O)N3CCS(O)(O)CC3)CC[C@]3(C)[C@H](CC[C@@H]4[C@@]5(C)CC[C@H](OC(=O)CC(C)(C)C(=O)O)C(C)(C)[C@@H]5CC[C@]43C)[C@@H]12. The molecular weight excluding hydrogens is 689 g/mol. The molecule has 5 saturated carbocycles. The van der Waals surface area contributed by atoms with Gasteiger partial charge in [-0.2, -0.15) is 10.6 Å². The van der Waals surface area contributed by atoms with Gasteiger partial charge in [0.25, 0.3) is 0 Å². The van der Waals surface area contributed by atoms with Gasteiger partial charge in [-0.1, -0.05) is 46.8 Å². The van der Waals surface area contributed by atoms with Crippen LogP contribution in [0.15, 0.2) is 12.2 Å². The fourth-order valence-corrected chi connectivity index (χ4v) is 15.5. The molecule has 0 spiro atoms. The second-order valence-electron chi connectivity index (χ2n) is 21.0. The van der Waals surface area contributed by atoms with Gasteiger partial charge < -0.3 is 20.3 Å². The molecule has 1 heterocycles. The summed E-state index contributed by atoms with van der Waals surface area (Å²) in [6, 6.07) is -0.0670. The van der Waals surface area contributed by atoms with E-state index in [1.807, 2.05) is 6.92 Å². The lowest BCUT2D eigenvalue weighted by Crippen LogP contribution is -2.69. The normalized spacial score (nSPS) is 43.9. The van der Waals surface area contributed by atoms with Crippen LogP contribution in [0.2, 0.25) is 0 Å². The summed E-state index contributed by atoms with van der Waals surface area (Å²) in [5.41, 5.74) is 0.444. The lowest BCUT2D eigenvalue weighted by atomic mass is 9.32. The third kappa shape index (κ3) is 6.87. The Hall–Kier alpha value is -1.17. The average Bonchev–Trinajstić information content (AvgIpc) is 3.43. The van der Waals surface area contributed by atoms with Crippen LogP contribution >= 0.6 is 10.6 Å². The summed E-state index contributed by atoms with van der Waals surface area (Å²) in [7, 11) is -2.50. The van der Waals surface area contributed by atoms with E-state index in [-0.39, 0.29) is 45.8 Å². The standard InChI is InChI=1S/C43H74N2O7S/c1-27(2)29-13-18-43(44-26-31(28(3)46)45-21-23-53(50,51)24-22-45)20-19-41(9)30(36(29)43)11-12-33-40(8)16-15-34(52-35(47)25-38(4,5)37(48)49)39(6,7)32(40)14-17-42(33,41)10/h28-34,36,44,46,50-51H,1,11-26H2,2-10H3,(H,48,49)/t28-,29+,30-,31-,32+,33-,34+,36-,40+,41-,42-,43+/m1/s1. The van der Waals surface area contributed by atoms with Gasteiger partial charge in [0.05, 0.1) is 29.4 Å². The Balaban J connectivity index is 1.23. The number of nitrogens with zero attached hydrogens (tertiary/aromatic N) is 1. The molecule has 6 rings (SSSR count).